The molecule has 1 aliphatic rings. The van der Waals surface area contributed by atoms with Crippen molar-refractivity contribution in [2.75, 3.05) is 13.2 Å². The predicted molar refractivity (Wildman–Crippen MR) is 76.1 cm³/mol. The number of rotatable bonds is 7. The van der Waals surface area contributed by atoms with Gasteiger partial charge < -0.3 is 9.64 Å². The van der Waals surface area contributed by atoms with E-state index in [2.05, 4.69) is 19.1 Å². The van der Waals surface area contributed by atoms with Crippen LogP contribution in [0.5, 0.6) is 0 Å². The summed E-state index contributed by atoms with van der Waals surface area (Å²) >= 11 is 0. The summed E-state index contributed by atoms with van der Waals surface area (Å²) in [5.41, 5.74) is 1.27. The molecular weight excluding hydrogens is 238 g/mol. The fraction of sp³-hybridized carbons (Fsp3) is 0.562. The number of carbonyl (C=O) groups is 1. The molecule has 104 valence electrons. The first-order valence-electron chi connectivity index (χ1n) is 7.28. The van der Waals surface area contributed by atoms with Crippen LogP contribution < -0.4 is 0 Å². The number of hydrogen-bond acceptors (Lipinski definition) is 2. The summed E-state index contributed by atoms with van der Waals surface area (Å²) in [6, 6.07) is 10.5. The quantitative estimate of drug-likeness (QED) is 0.701. The van der Waals surface area contributed by atoms with E-state index in [0.29, 0.717) is 6.61 Å². The van der Waals surface area contributed by atoms with Crippen molar-refractivity contribution < 1.29 is 9.53 Å². The Kier molecular flexibility index (Phi) is 5.25. The van der Waals surface area contributed by atoms with Crippen molar-refractivity contribution in [1.29, 1.82) is 0 Å². The minimum Gasteiger partial charge on any atom is -0.447 e. The second-order valence-corrected chi connectivity index (χ2v) is 5.17. The van der Waals surface area contributed by atoms with Crippen molar-refractivity contribution in [2.24, 2.45) is 0 Å². The molecule has 0 spiro atoms. The summed E-state index contributed by atoms with van der Waals surface area (Å²) in [7, 11) is 0. The summed E-state index contributed by atoms with van der Waals surface area (Å²) in [4.78, 5) is 13.6. The molecule has 0 bridgehead atoms. The molecule has 1 aliphatic heterocycles. The number of nitrogens with zero attached hydrogens (tertiary/aromatic N) is 1. The Morgan fingerprint density at radius 2 is 2.00 bits per heavy atom. The van der Waals surface area contributed by atoms with Crippen molar-refractivity contribution in [1.82, 2.24) is 4.90 Å². The maximum atomic E-state index is 11.7. The highest BCUT2D eigenvalue weighted by Crippen LogP contribution is 2.18. The zero-order chi connectivity index (χ0) is 13.5. The Hall–Kier alpha value is -1.51. The van der Waals surface area contributed by atoms with Crippen LogP contribution in [-0.2, 0) is 11.2 Å². The van der Waals surface area contributed by atoms with Gasteiger partial charge in [-0.2, -0.15) is 0 Å². The van der Waals surface area contributed by atoms with Crippen LogP contribution in [0, 0.1) is 0 Å². The van der Waals surface area contributed by atoms with E-state index in [1.165, 1.54) is 24.8 Å². The van der Waals surface area contributed by atoms with Gasteiger partial charge in [0.05, 0.1) is 6.04 Å². The minimum absolute atomic E-state index is 0.141. The Bertz CT molecular complexity index is 391. The summed E-state index contributed by atoms with van der Waals surface area (Å²) in [5, 5.41) is 0. The topological polar surface area (TPSA) is 29.5 Å². The highest BCUT2D eigenvalue weighted by molar-refractivity contribution is 5.70. The number of hydrogen-bond donors (Lipinski definition) is 0. The van der Waals surface area contributed by atoms with Crippen LogP contribution >= 0.6 is 0 Å². The molecular formula is C16H23NO2. The van der Waals surface area contributed by atoms with Crippen molar-refractivity contribution >= 4 is 6.09 Å². The lowest BCUT2D eigenvalue weighted by Gasteiger charge is -2.21. The van der Waals surface area contributed by atoms with E-state index in [-0.39, 0.29) is 12.1 Å². The smallest absolute Gasteiger partial charge is 0.410 e. The van der Waals surface area contributed by atoms with Crippen molar-refractivity contribution in [2.45, 2.75) is 45.1 Å². The summed E-state index contributed by atoms with van der Waals surface area (Å²) in [6.45, 7) is 3.56. The van der Waals surface area contributed by atoms with E-state index < -0.39 is 0 Å². The molecule has 19 heavy (non-hydrogen) atoms. The molecule has 0 aliphatic carbocycles. The van der Waals surface area contributed by atoms with Gasteiger partial charge in [0.15, 0.2) is 0 Å². The summed E-state index contributed by atoms with van der Waals surface area (Å²) in [5.74, 6) is 0. The standard InChI is InChI=1S/C16H23NO2/c1-2-3-4-8-11-17-15(13-19-16(17)18)12-14-9-6-5-7-10-14/h5-7,9-10,15H,2-4,8,11-13H2,1H3/t15-/m1/s1. The van der Waals surface area contributed by atoms with Gasteiger partial charge in [-0.05, 0) is 18.4 Å². The fourth-order valence-electron chi connectivity index (χ4n) is 2.53. The van der Waals surface area contributed by atoms with Crippen LogP contribution in [0.25, 0.3) is 0 Å². The van der Waals surface area contributed by atoms with Gasteiger partial charge in [-0.25, -0.2) is 4.79 Å². The lowest BCUT2D eigenvalue weighted by Crippen LogP contribution is -2.35. The molecule has 1 amide bonds. The zero-order valence-electron chi connectivity index (χ0n) is 11.7. The van der Waals surface area contributed by atoms with Gasteiger partial charge in [0.1, 0.15) is 6.61 Å². The first-order chi connectivity index (χ1) is 9.31. The first-order valence-corrected chi connectivity index (χ1v) is 7.28. The highest BCUT2D eigenvalue weighted by Gasteiger charge is 2.32. The van der Waals surface area contributed by atoms with E-state index in [0.717, 1.165) is 19.4 Å². The normalized spacial score (nSPS) is 18.7. The fourth-order valence-corrected chi connectivity index (χ4v) is 2.53. The minimum atomic E-state index is -0.141. The molecule has 0 radical (unpaired) electrons. The largest absolute Gasteiger partial charge is 0.447 e. The van der Waals surface area contributed by atoms with E-state index >= 15 is 0 Å². The third-order valence-electron chi connectivity index (χ3n) is 3.64. The average molecular weight is 261 g/mol. The van der Waals surface area contributed by atoms with Crippen LogP contribution in [0.4, 0.5) is 4.79 Å². The number of unbranched alkanes of at least 4 members (excludes halogenated alkanes) is 3. The first kappa shape index (κ1) is 13.9. The number of amides is 1. The Balaban J connectivity index is 1.86. The number of ether oxygens (including phenoxy) is 1. The van der Waals surface area contributed by atoms with E-state index in [1.54, 1.807) is 0 Å². The molecule has 0 unspecified atom stereocenters. The zero-order valence-corrected chi connectivity index (χ0v) is 11.7. The number of benzene rings is 1. The lowest BCUT2D eigenvalue weighted by molar-refractivity contribution is 0.157. The molecule has 3 nitrogen and oxygen atoms in total. The van der Waals surface area contributed by atoms with Gasteiger partial charge in [-0.3, -0.25) is 0 Å². The van der Waals surface area contributed by atoms with Gasteiger partial charge in [-0.1, -0.05) is 56.5 Å². The van der Waals surface area contributed by atoms with Crippen molar-refractivity contribution in [3.63, 3.8) is 0 Å². The van der Waals surface area contributed by atoms with Crippen LogP contribution in [-0.4, -0.2) is 30.2 Å². The van der Waals surface area contributed by atoms with E-state index in [1.807, 2.05) is 23.1 Å². The molecule has 1 aromatic carbocycles. The lowest BCUT2D eigenvalue weighted by atomic mass is 10.1. The third-order valence-corrected chi connectivity index (χ3v) is 3.64. The molecule has 3 heteroatoms. The van der Waals surface area contributed by atoms with Crippen LogP contribution in [0.1, 0.15) is 38.2 Å². The Morgan fingerprint density at radius 1 is 1.21 bits per heavy atom. The van der Waals surface area contributed by atoms with Gasteiger partial charge in [0, 0.05) is 6.54 Å². The van der Waals surface area contributed by atoms with Gasteiger partial charge >= 0.3 is 6.09 Å². The molecule has 0 N–H and O–H groups in total. The SMILES string of the molecule is CCCCCCN1C(=O)OC[C@H]1Cc1ccccc1. The third kappa shape index (κ3) is 3.98. The highest BCUT2D eigenvalue weighted by atomic mass is 16.6. The average Bonchev–Trinajstić information content (AvgIpc) is 2.77. The second-order valence-electron chi connectivity index (χ2n) is 5.17. The second kappa shape index (κ2) is 7.17. The molecule has 0 saturated carbocycles. The molecule has 0 aromatic heterocycles. The Morgan fingerprint density at radius 3 is 2.74 bits per heavy atom. The van der Waals surface area contributed by atoms with Crippen LogP contribution in [0.3, 0.4) is 0 Å². The molecule has 1 atom stereocenters. The van der Waals surface area contributed by atoms with Crippen molar-refractivity contribution in [3.8, 4) is 0 Å². The number of cyclic esters (lactones) is 1. The summed E-state index contributed by atoms with van der Waals surface area (Å²) < 4.78 is 5.19. The van der Waals surface area contributed by atoms with Gasteiger partial charge in [0.25, 0.3) is 0 Å². The Labute approximate surface area is 115 Å². The molecule has 1 heterocycles. The maximum absolute atomic E-state index is 11.7. The van der Waals surface area contributed by atoms with Crippen LogP contribution in [0.15, 0.2) is 30.3 Å². The van der Waals surface area contributed by atoms with Crippen LogP contribution in [0.2, 0.25) is 0 Å². The van der Waals surface area contributed by atoms with Gasteiger partial charge in [0.2, 0.25) is 0 Å². The van der Waals surface area contributed by atoms with E-state index in [4.69, 9.17) is 4.74 Å². The predicted octanol–water partition coefficient (Wildman–Crippen LogP) is 3.63. The molecule has 1 saturated heterocycles. The number of carbonyl (C=O) groups excluding carboxylic acids is 1. The molecule has 2 rings (SSSR count). The molecule has 1 aromatic rings. The van der Waals surface area contributed by atoms with Crippen molar-refractivity contribution in [3.05, 3.63) is 35.9 Å². The molecule has 1 fully saturated rings. The monoisotopic (exact) mass is 261 g/mol. The maximum Gasteiger partial charge on any atom is 0.410 e. The van der Waals surface area contributed by atoms with Gasteiger partial charge in [-0.15, -0.1) is 0 Å². The van der Waals surface area contributed by atoms with E-state index in [9.17, 15) is 4.79 Å². The summed E-state index contributed by atoms with van der Waals surface area (Å²) in [6.07, 6.45) is 5.48.